The van der Waals surface area contributed by atoms with Crippen LogP contribution in [0.3, 0.4) is 0 Å². The Kier molecular flexibility index (Phi) is 4.51. The first-order chi connectivity index (χ1) is 7.95. The third kappa shape index (κ3) is 3.45. The molecule has 2 N–H and O–H groups in total. The van der Waals surface area contributed by atoms with Gasteiger partial charge in [-0.05, 0) is 13.0 Å². The Morgan fingerprint density at radius 2 is 2.18 bits per heavy atom. The van der Waals surface area contributed by atoms with Crippen molar-refractivity contribution in [3.8, 4) is 5.75 Å². The van der Waals surface area contributed by atoms with Crippen molar-refractivity contribution in [1.29, 1.82) is 0 Å². The molecule has 0 bridgehead atoms. The Balaban J connectivity index is 3.04. The van der Waals surface area contributed by atoms with Crippen molar-refractivity contribution in [1.82, 2.24) is 0 Å². The number of carbonyl (C=O) groups excluding carboxylic acids is 1. The van der Waals surface area contributed by atoms with E-state index in [4.69, 9.17) is 22.1 Å². The predicted molar refractivity (Wildman–Crippen MR) is 58.5 cm³/mol. The van der Waals surface area contributed by atoms with Gasteiger partial charge in [0.15, 0.2) is 5.75 Å². The number of carbonyl (C=O) groups is 1. The topological polar surface area (TPSA) is 61.5 Å². The molecule has 0 amide bonds. The fraction of sp³-hybridized carbons (Fsp3) is 0.300. The number of benzene rings is 1. The lowest BCUT2D eigenvalue weighted by Gasteiger charge is -2.10. The van der Waals surface area contributed by atoms with Gasteiger partial charge in [0.1, 0.15) is 0 Å². The normalized spacial score (nSPS) is 10.4. The van der Waals surface area contributed by atoms with Crippen LogP contribution in [0.25, 0.3) is 0 Å². The Hall–Kier alpha value is -1.56. The number of esters is 1. The molecule has 0 atom stereocenters. The standard InChI is InChI=1S/C10H10ClF2NO3/c1-2-16-9(15)5-3-7(14)8(4-6(5)11)17-10(12)13/h3-4,10H,2,14H2,1H3. The predicted octanol–water partition coefficient (Wildman–Crippen LogP) is 2.70. The number of rotatable bonds is 4. The average Bonchev–Trinajstić information content (AvgIpc) is 2.22. The van der Waals surface area contributed by atoms with E-state index in [1.807, 2.05) is 0 Å². The smallest absolute Gasteiger partial charge is 0.387 e. The quantitative estimate of drug-likeness (QED) is 0.672. The summed E-state index contributed by atoms with van der Waals surface area (Å²) in [7, 11) is 0. The maximum Gasteiger partial charge on any atom is 0.387 e. The Morgan fingerprint density at radius 3 is 2.71 bits per heavy atom. The molecule has 0 aromatic heterocycles. The van der Waals surface area contributed by atoms with Gasteiger partial charge in [-0.25, -0.2) is 4.79 Å². The highest BCUT2D eigenvalue weighted by molar-refractivity contribution is 6.33. The maximum absolute atomic E-state index is 12.0. The zero-order valence-electron chi connectivity index (χ0n) is 8.88. The minimum absolute atomic E-state index is 0.00707. The van der Waals surface area contributed by atoms with E-state index in [-0.39, 0.29) is 28.6 Å². The molecule has 0 unspecified atom stereocenters. The van der Waals surface area contributed by atoms with Gasteiger partial charge in [0.2, 0.25) is 0 Å². The van der Waals surface area contributed by atoms with E-state index in [9.17, 15) is 13.6 Å². The first-order valence-electron chi connectivity index (χ1n) is 4.66. The third-order valence-electron chi connectivity index (χ3n) is 1.81. The van der Waals surface area contributed by atoms with Gasteiger partial charge >= 0.3 is 12.6 Å². The zero-order chi connectivity index (χ0) is 13.0. The monoisotopic (exact) mass is 265 g/mol. The van der Waals surface area contributed by atoms with Crippen molar-refractivity contribution in [2.45, 2.75) is 13.5 Å². The lowest BCUT2D eigenvalue weighted by molar-refractivity contribution is -0.0493. The summed E-state index contributed by atoms with van der Waals surface area (Å²) in [6, 6.07) is 2.19. The molecular weight excluding hydrogens is 256 g/mol. The fourth-order valence-corrected chi connectivity index (χ4v) is 1.37. The minimum atomic E-state index is -3.01. The average molecular weight is 266 g/mol. The van der Waals surface area contributed by atoms with Gasteiger partial charge in [0.05, 0.1) is 22.9 Å². The molecule has 0 aliphatic carbocycles. The molecule has 4 nitrogen and oxygen atoms in total. The van der Waals surface area contributed by atoms with Crippen LogP contribution in [0.4, 0.5) is 14.5 Å². The summed E-state index contributed by atoms with van der Waals surface area (Å²) >= 11 is 5.73. The molecule has 0 heterocycles. The van der Waals surface area contributed by atoms with Crippen LogP contribution in [-0.2, 0) is 4.74 Å². The van der Waals surface area contributed by atoms with Crippen molar-refractivity contribution in [3.63, 3.8) is 0 Å². The maximum atomic E-state index is 12.0. The molecule has 1 rings (SSSR count). The number of ether oxygens (including phenoxy) is 2. The molecule has 7 heteroatoms. The van der Waals surface area contributed by atoms with E-state index in [0.717, 1.165) is 12.1 Å². The van der Waals surface area contributed by atoms with E-state index < -0.39 is 12.6 Å². The van der Waals surface area contributed by atoms with Crippen LogP contribution in [0.1, 0.15) is 17.3 Å². The number of nitrogen functional groups attached to an aromatic ring is 1. The highest BCUT2D eigenvalue weighted by Crippen LogP contribution is 2.30. The molecule has 0 spiro atoms. The number of hydrogen-bond donors (Lipinski definition) is 1. The molecule has 1 aromatic rings. The van der Waals surface area contributed by atoms with E-state index in [1.165, 1.54) is 0 Å². The van der Waals surface area contributed by atoms with Crippen molar-refractivity contribution in [3.05, 3.63) is 22.7 Å². The molecule has 0 aliphatic rings. The summed E-state index contributed by atoms with van der Waals surface area (Å²) in [6.45, 7) is -1.21. The van der Waals surface area contributed by atoms with Crippen molar-refractivity contribution >= 4 is 23.3 Å². The summed E-state index contributed by atoms with van der Waals surface area (Å²) in [5, 5.41) is -0.0618. The molecule has 0 saturated carbocycles. The van der Waals surface area contributed by atoms with Crippen LogP contribution >= 0.6 is 11.6 Å². The van der Waals surface area contributed by atoms with Crippen molar-refractivity contribution < 1.29 is 23.0 Å². The highest BCUT2D eigenvalue weighted by Gasteiger charge is 2.16. The van der Waals surface area contributed by atoms with Crippen molar-refractivity contribution in [2.24, 2.45) is 0 Å². The number of hydrogen-bond acceptors (Lipinski definition) is 4. The second-order valence-corrected chi connectivity index (χ2v) is 3.38. The summed E-state index contributed by atoms with van der Waals surface area (Å²) < 4.78 is 32.8. The summed E-state index contributed by atoms with van der Waals surface area (Å²) in [5.74, 6) is -0.953. The Morgan fingerprint density at radius 1 is 1.53 bits per heavy atom. The second-order valence-electron chi connectivity index (χ2n) is 2.97. The number of alkyl halides is 2. The van der Waals surface area contributed by atoms with Gasteiger partial charge in [0, 0.05) is 6.07 Å². The van der Waals surface area contributed by atoms with Crippen LogP contribution in [-0.4, -0.2) is 19.2 Å². The molecule has 0 aliphatic heterocycles. The highest BCUT2D eigenvalue weighted by atomic mass is 35.5. The van der Waals surface area contributed by atoms with Crippen LogP contribution in [0, 0.1) is 0 Å². The van der Waals surface area contributed by atoms with Crippen LogP contribution in [0.15, 0.2) is 12.1 Å². The third-order valence-corrected chi connectivity index (χ3v) is 2.12. The largest absolute Gasteiger partial charge is 0.462 e. The van der Waals surface area contributed by atoms with Gasteiger partial charge in [0.25, 0.3) is 0 Å². The van der Waals surface area contributed by atoms with Gasteiger partial charge in [-0.15, -0.1) is 0 Å². The molecule has 0 saturated heterocycles. The van der Waals surface area contributed by atoms with Gasteiger partial charge in [-0.1, -0.05) is 11.6 Å². The number of nitrogens with two attached hydrogens (primary N) is 1. The van der Waals surface area contributed by atoms with Crippen LogP contribution in [0.5, 0.6) is 5.75 Å². The number of halogens is 3. The lowest BCUT2D eigenvalue weighted by Crippen LogP contribution is -2.09. The molecule has 94 valence electrons. The summed E-state index contributed by atoms with van der Waals surface area (Å²) in [4.78, 5) is 11.4. The molecule has 1 aromatic carbocycles. The first-order valence-corrected chi connectivity index (χ1v) is 5.04. The fourth-order valence-electron chi connectivity index (χ4n) is 1.14. The zero-order valence-corrected chi connectivity index (χ0v) is 9.63. The first kappa shape index (κ1) is 13.5. The molecule has 0 fully saturated rings. The summed E-state index contributed by atoms with van der Waals surface area (Å²) in [5.41, 5.74) is 5.34. The van der Waals surface area contributed by atoms with E-state index in [0.29, 0.717) is 0 Å². The molecule has 17 heavy (non-hydrogen) atoms. The van der Waals surface area contributed by atoms with Gasteiger partial charge < -0.3 is 15.2 Å². The molecular formula is C10H10ClF2NO3. The molecule has 0 radical (unpaired) electrons. The number of anilines is 1. The second kappa shape index (κ2) is 5.67. The van der Waals surface area contributed by atoms with E-state index >= 15 is 0 Å². The Bertz CT molecular complexity index is 426. The SMILES string of the molecule is CCOC(=O)c1cc(N)c(OC(F)F)cc1Cl. The van der Waals surface area contributed by atoms with Crippen molar-refractivity contribution in [2.75, 3.05) is 12.3 Å². The lowest BCUT2D eigenvalue weighted by atomic mass is 10.2. The van der Waals surface area contributed by atoms with Gasteiger partial charge in [-0.2, -0.15) is 8.78 Å². The van der Waals surface area contributed by atoms with Crippen LogP contribution in [0.2, 0.25) is 5.02 Å². The Labute approximate surface area is 101 Å². The minimum Gasteiger partial charge on any atom is -0.462 e. The van der Waals surface area contributed by atoms with E-state index in [2.05, 4.69) is 4.74 Å². The van der Waals surface area contributed by atoms with Crippen LogP contribution < -0.4 is 10.5 Å². The van der Waals surface area contributed by atoms with Gasteiger partial charge in [-0.3, -0.25) is 0 Å². The van der Waals surface area contributed by atoms with E-state index in [1.54, 1.807) is 6.92 Å². The summed E-state index contributed by atoms with van der Waals surface area (Å²) in [6.07, 6.45) is 0.